The van der Waals surface area contributed by atoms with E-state index in [9.17, 15) is 13.2 Å². The number of nitrogens with two attached hydrogens (primary N) is 1. The molecule has 1 aliphatic carbocycles. The second kappa shape index (κ2) is 6.70. The molecule has 0 saturated heterocycles. The van der Waals surface area contributed by atoms with Crippen LogP contribution in [-0.2, 0) is 14.6 Å². The van der Waals surface area contributed by atoms with Gasteiger partial charge in [-0.05, 0) is 31.6 Å². The first-order valence-electron chi connectivity index (χ1n) is 7.04. The third kappa shape index (κ3) is 4.45. The van der Waals surface area contributed by atoms with Crippen LogP contribution in [0.1, 0.15) is 39.5 Å². The molecule has 1 rings (SSSR count). The summed E-state index contributed by atoms with van der Waals surface area (Å²) in [6.07, 6.45) is 3.63. The van der Waals surface area contributed by atoms with Gasteiger partial charge in [-0.2, -0.15) is 0 Å². The molecule has 0 aromatic rings. The number of amides is 1. The molecular weight excluding hydrogens is 264 g/mol. The van der Waals surface area contributed by atoms with E-state index < -0.39 is 15.3 Å². The predicted octanol–water partition coefficient (Wildman–Crippen LogP) is 0.693. The van der Waals surface area contributed by atoms with Crippen molar-refractivity contribution in [1.82, 2.24) is 5.32 Å². The van der Waals surface area contributed by atoms with Crippen LogP contribution in [0.25, 0.3) is 0 Å². The summed E-state index contributed by atoms with van der Waals surface area (Å²) < 4.78 is 22.7. The van der Waals surface area contributed by atoms with Crippen molar-refractivity contribution >= 4 is 15.7 Å². The zero-order chi connectivity index (χ0) is 14.5. The molecule has 1 saturated carbocycles. The quantitative estimate of drug-likeness (QED) is 0.753. The lowest BCUT2D eigenvalue weighted by Crippen LogP contribution is -2.48. The minimum atomic E-state index is -3.03. The molecule has 0 unspecified atom stereocenters. The van der Waals surface area contributed by atoms with Gasteiger partial charge in [-0.3, -0.25) is 4.79 Å². The van der Waals surface area contributed by atoms with Crippen LogP contribution in [0.15, 0.2) is 0 Å². The van der Waals surface area contributed by atoms with Crippen LogP contribution in [0.2, 0.25) is 0 Å². The van der Waals surface area contributed by atoms with E-state index in [-0.39, 0.29) is 24.0 Å². The van der Waals surface area contributed by atoms with E-state index in [1.54, 1.807) is 6.92 Å². The Balaban J connectivity index is 2.51. The molecule has 1 fully saturated rings. The lowest BCUT2D eigenvalue weighted by Gasteiger charge is -2.37. The summed E-state index contributed by atoms with van der Waals surface area (Å²) in [6, 6.07) is 0. The number of carbonyl (C=O) groups is 1. The molecule has 6 heteroatoms. The molecule has 0 aromatic heterocycles. The molecule has 0 aliphatic heterocycles. The zero-order valence-electron chi connectivity index (χ0n) is 11.9. The number of carbonyl (C=O) groups excluding carboxylic acids is 1. The van der Waals surface area contributed by atoms with Crippen molar-refractivity contribution < 1.29 is 13.2 Å². The van der Waals surface area contributed by atoms with E-state index in [0.29, 0.717) is 12.5 Å². The molecule has 1 amide bonds. The smallest absolute Gasteiger partial charge is 0.227 e. The summed E-state index contributed by atoms with van der Waals surface area (Å²) in [5.74, 6) is 0.690. The maximum Gasteiger partial charge on any atom is 0.227 e. The molecule has 3 N–H and O–H groups in total. The highest BCUT2D eigenvalue weighted by Gasteiger charge is 2.39. The fraction of sp³-hybridized carbons (Fsp3) is 0.923. The topological polar surface area (TPSA) is 89.3 Å². The minimum absolute atomic E-state index is 0.00624. The van der Waals surface area contributed by atoms with Gasteiger partial charge in [0.05, 0.1) is 11.2 Å². The van der Waals surface area contributed by atoms with E-state index in [2.05, 4.69) is 12.2 Å². The van der Waals surface area contributed by atoms with Crippen LogP contribution >= 0.6 is 0 Å². The second-order valence-electron chi connectivity index (χ2n) is 5.66. The maximum absolute atomic E-state index is 12.2. The van der Waals surface area contributed by atoms with Crippen molar-refractivity contribution in [3.05, 3.63) is 0 Å². The van der Waals surface area contributed by atoms with Crippen LogP contribution in [0.4, 0.5) is 0 Å². The predicted molar refractivity (Wildman–Crippen MR) is 76.5 cm³/mol. The van der Waals surface area contributed by atoms with Gasteiger partial charge in [0.15, 0.2) is 9.84 Å². The Morgan fingerprint density at radius 3 is 2.42 bits per heavy atom. The first-order valence-corrected chi connectivity index (χ1v) is 8.86. The Morgan fingerprint density at radius 1 is 1.37 bits per heavy atom. The summed E-state index contributed by atoms with van der Waals surface area (Å²) in [4.78, 5) is 12.2. The monoisotopic (exact) mass is 290 g/mol. The van der Waals surface area contributed by atoms with Crippen molar-refractivity contribution in [3.63, 3.8) is 0 Å². The summed E-state index contributed by atoms with van der Waals surface area (Å²) in [6.45, 7) is 4.33. The molecule has 0 atom stereocenters. The molecule has 0 radical (unpaired) electrons. The van der Waals surface area contributed by atoms with Gasteiger partial charge in [-0.25, -0.2) is 8.42 Å². The number of hydrogen-bond donors (Lipinski definition) is 2. The average Bonchev–Trinajstić information content (AvgIpc) is 2.39. The third-order valence-corrected chi connectivity index (χ3v) is 5.95. The minimum Gasteiger partial charge on any atom is -0.355 e. The van der Waals surface area contributed by atoms with Gasteiger partial charge in [-0.15, -0.1) is 0 Å². The van der Waals surface area contributed by atoms with Crippen LogP contribution in [0.3, 0.4) is 0 Å². The van der Waals surface area contributed by atoms with Gasteiger partial charge < -0.3 is 11.1 Å². The van der Waals surface area contributed by atoms with Crippen LogP contribution in [-0.4, -0.2) is 38.9 Å². The molecule has 19 heavy (non-hydrogen) atoms. The van der Waals surface area contributed by atoms with E-state index in [0.717, 1.165) is 25.7 Å². The largest absolute Gasteiger partial charge is 0.355 e. The summed E-state index contributed by atoms with van der Waals surface area (Å²) in [5.41, 5.74) is 5.31. The molecule has 0 bridgehead atoms. The highest BCUT2D eigenvalue weighted by atomic mass is 32.2. The average molecular weight is 290 g/mol. The van der Waals surface area contributed by atoms with Gasteiger partial charge in [0, 0.05) is 18.8 Å². The number of nitrogens with one attached hydrogen (secondary N) is 1. The van der Waals surface area contributed by atoms with Crippen molar-refractivity contribution in [2.75, 3.05) is 24.6 Å². The first kappa shape index (κ1) is 16.4. The zero-order valence-corrected chi connectivity index (χ0v) is 12.8. The van der Waals surface area contributed by atoms with E-state index in [4.69, 9.17) is 5.73 Å². The second-order valence-corrected chi connectivity index (χ2v) is 8.13. The number of sulfone groups is 1. The van der Waals surface area contributed by atoms with E-state index in [1.165, 1.54) is 0 Å². The molecule has 0 aromatic carbocycles. The number of hydrogen-bond acceptors (Lipinski definition) is 4. The van der Waals surface area contributed by atoms with Crippen LogP contribution in [0.5, 0.6) is 0 Å². The first-order chi connectivity index (χ1) is 8.85. The Hall–Kier alpha value is -0.620. The van der Waals surface area contributed by atoms with Crippen molar-refractivity contribution in [2.45, 2.75) is 39.5 Å². The molecule has 112 valence electrons. The van der Waals surface area contributed by atoms with Gasteiger partial charge in [0.25, 0.3) is 0 Å². The van der Waals surface area contributed by atoms with Crippen molar-refractivity contribution in [3.8, 4) is 0 Å². The Labute approximate surface area is 116 Å². The van der Waals surface area contributed by atoms with E-state index in [1.807, 2.05) is 0 Å². The lowest BCUT2D eigenvalue weighted by molar-refractivity contribution is -0.132. The van der Waals surface area contributed by atoms with Crippen LogP contribution < -0.4 is 11.1 Å². The fourth-order valence-electron chi connectivity index (χ4n) is 2.49. The molecule has 5 nitrogen and oxygen atoms in total. The lowest BCUT2D eigenvalue weighted by atomic mass is 9.70. The summed E-state index contributed by atoms with van der Waals surface area (Å²) >= 11 is 0. The van der Waals surface area contributed by atoms with Crippen LogP contribution in [0, 0.1) is 11.3 Å². The number of rotatable bonds is 6. The normalized spacial score (nSPS) is 28.1. The molecule has 0 heterocycles. The van der Waals surface area contributed by atoms with Crippen molar-refractivity contribution in [1.29, 1.82) is 0 Å². The highest BCUT2D eigenvalue weighted by molar-refractivity contribution is 7.91. The molecule has 1 aliphatic rings. The highest BCUT2D eigenvalue weighted by Crippen LogP contribution is 2.38. The summed E-state index contributed by atoms with van der Waals surface area (Å²) in [5, 5.41) is 2.75. The third-order valence-electron chi connectivity index (χ3n) is 4.24. The van der Waals surface area contributed by atoms with Gasteiger partial charge in [-0.1, -0.05) is 13.8 Å². The van der Waals surface area contributed by atoms with Gasteiger partial charge in [0.2, 0.25) is 5.91 Å². The van der Waals surface area contributed by atoms with Gasteiger partial charge in [0.1, 0.15) is 0 Å². The maximum atomic E-state index is 12.2. The van der Waals surface area contributed by atoms with Crippen molar-refractivity contribution in [2.24, 2.45) is 17.1 Å². The van der Waals surface area contributed by atoms with E-state index >= 15 is 0 Å². The summed E-state index contributed by atoms with van der Waals surface area (Å²) in [7, 11) is -3.03. The SMILES string of the molecule is CCS(=O)(=O)CCNC(=O)C1(CN)CCC(C)CC1. The Kier molecular flexibility index (Phi) is 5.80. The standard InChI is InChI=1S/C13H26N2O3S/c1-3-19(17,18)9-8-15-12(16)13(10-14)6-4-11(2)5-7-13/h11H,3-10,14H2,1-2H3,(H,15,16). The fourth-order valence-corrected chi connectivity index (χ4v) is 3.19. The Morgan fingerprint density at radius 2 is 1.95 bits per heavy atom. The van der Waals surface area contributed by atoms with Gasteiger partial charge >= 0.3 is 0 Å². The molecule has 0 spiro atoms. The molecular formula is C13H26N2O3S. The Bertz CT molecular complexity index is 398.